The Balaban J connectivity index is 2.48. The predicted molar refractivity (Wildman–Crippen MR) is 70.2 cm³/mol. The zero-order valence-electron chi connectivity index (χ0n) is 9.58. The standard InChI is InChI=1S/C15H12O3/c16-13-6-3-5-12(10-13)14-7-2-1-4-11(14)8-9-15(17)18/h1-10,16H,(H,17,18)/b9-8+. The highest BCUT2D eigenvalue weighted by Gasteiger charge is 2.03. The minimum Gasteiger partial charge on any atom is -0.508 e. The summed E-state index contributed by atoms with van der Waals surface area (Å²) in [5, 5.41) is 18.1. The normalized spacial score (nSPS) is 10.7. The minimum absolute atomic E-state index is 0.185. The predicted octanol–water partition coefficient (Wildman–Crippen LogP) is 3.16. The highest BCUT2D eigenvalue weighted by molar-refractivity contribution is 5.87. The number of carbonyl (C=O) groups is 1. The SMILES string of the molecule is O=C(O)/C=C/c1ccccc1-c1cccc(O)c1. The maximum atomic E-state index is 10.5. The number of benzene rings is 2. The second-order valence-electron chi connectivity index (χ2n) is 3.81. The lowest BCUT2D eigenvalue weighted by molar-refractivity contribution is -0.131. The number of phenols is 1. The maximum Gasteiger partial charge on any atom is 0.328 e. The summed E-state index contributed by atoms with van der Waals surface area (Å²) in [5.74, 6) is -0.801. The summed E-state index contributed by atoms with van der Waals surface area (Å²) in [7, 11) is 0. The van der Waals surface area contributed by atoms with Crippen molar-refractivity contribution in [3.63, 3.8) is 0 Å². The zero-order chi connectivity index (χ0) is 13.0. The first-order valence-electron chi connectivity index (χ1n) is 5.46. The smallest absolute Gasteiger partial charge is 0.328 e. The Hall–Kier alpha value is -2.55. The molecule has 0 bridgehead atoms. The second kappa shape index (κ2) is 5.19. The van der Waals surface area contributed by atoms with Crippen molar-refractivity contribution in [3.05, 3.63) is 60.2 Å². The molecular formula is C15H12O3. The van der Waals surface area contributed by atoms with Crippen LogP contribution in [0.3, 0.4) is 0 Å². The highest BCUT2D eigenvalue weighted by atomic mass is 16.4. The van der Waals surface area contributed by atoms with E-state index >= 15 is 0 Å². The van der Waals surface area contributed by atoms with Crippen LogP contribution >= 0.6 is 0 Å². The molecule has 0 heterocycles. The Morgan fingerprint density at radius 3 is 2.56 bits per heavy atom. The van der Waals surface area contributed by atoms with Crippen molar-refractivity contribution < 1.29 is 15.0 Å². The fourth-order valence-electron chi connectivity index (χ4n) is 1.74. The Morgan fingerprint density at radius 1 is 1.06 bits per heavy atom. The van der Waals surface area contributed by atoms with E-state index in [9.17, 15) is 9.90 Å². The van der Waals surface area contributed by atoms with Gasteiger partial charge in [-0.05, 0) is 34.9 Å². The van der Waals surface area contributed by atoms with Crippen LogP contribution in [0.15, 0.2) is 54.6 Å². The first kappa shape index (κ1) is 11.9. The molecule has 2 N–H and O–H groups in total. The van der Waals surface area contributed by atoms with E-state index in [1.54, 1.807) is 24.3 Å². The molecule has 0 atom stereocenters. The van der Waals surface area contributed by atoms with E-state index in [1.165, 1.54) is 0 Å². The Bertz CT molecular complexity index is 600. The Morgan fingerprint density at radius 2 is 1.83 bits per heavy atom. The molecule has 18 heavy (non-hydrogen) atoms. The third-order valence-electron chi connectivity index (χ3n) is 2.52. The summed E-state index contributed by atoms with van der Waals surface area (Å²) >= 11 is 0. The fraction of sp³-hybridized carbons (Fsp3) is 0. The zero-order valence-corrected chi connectivity index (χ0v) is 9.58. The van der Waals surface area contributed by atoms with Crippen molar-refractivity contribution in [1.82, 2.24) is 0 Å². The van der Waals surface area contributed by atoms with Crippen molar-refractivity contribution in [2.45, 2.75) is 0 Å². The van der Waals surface area contributed by atoms with Gasteiger partial charge in [-0.25, -0.2) is 4.79 Å². The van der Waals surface area contributed by atoms with Crippen LogP contribution in [0, 0.1) is 0 Å². The topological polar surface area (TPSA) is 57.5 Å². The number of rotatable bonds is 3. The molecule has 0 aliphatic heterocycles. The molecule has 0 aliphatic carbocycles. The molecule has 2 rings (SSSR count). The molecule has 0 fully saturated rings. The fourth-order valence-corrected chi connectivity index (χ4v) is 1.74. The van der Waals surface area contributed by atoms with E-state index in [-0.39, 0.29) is 5.75 Å². The van der Waals surface area contributed by atoms with Crippen LogP contribution in [0.1, 0.15) is 5.56 Å². The summed E-state index contributed by atoms with van der Waals surface area (Å²) in [6.45, 7) is 0. The lowest BCUT2D eigenvalue weighted by Crippen LogP contribution is -1.87. The summed E-state index contributed by atoms with van der Waals surface area (Å²) in [6.07, 6.45) is 2.64. The van der Waals surface area contributed by atoms with Crippen LogP contribution in [0.2, 0.25) is 0 Å². The van der Waals surface area contributed by atoms with Crippen molar-refractivity contribution in [1.29, 1.82) is 0 Å². The first-order chi connectivity index (χ1) is 8.66. The van der Waals surface area contributed by atoms with Gasteiger partial charge in [0.25, 0.3) is 0 Å². The molecule has 2 aromatic rings. The molecule has 2 aromatic carbocycles. The molecule has 0 saturated heterocycles. The van der Waals surface area contributed by atoms with Gasteiger partial charge >= 0.3 is 5.97 Å². The van der Waals surface area contributed by atoms with Crippen LogP contribution in [-0.2, 0) is 4.79 Å². The summed E-state index contributed by atoms with van der Waals surface area (Å²) in [4.78, 5) is 10.5. The molecule has 3 heteroatoms. The average molecular weight is 240 g/mol. The Kier molecular flexibility index (Phi) is 3.44. The largest absolute Gasteiger partial charge is 0.508 e. The highest BCUT2D eigenvalue weighted by Crippen LogP contribution is 2.27. The summed E-state index contributed by atoms with van der Waals surface area (Å²) in [5.41, 5.74) is 2.53. The van der Waals surface area contributed by atoms with Crippen LogP contribution in [0.5, 0.6) is 5.75 Å². The molecule has 3 nitrogen and oxygen atoms in total. The third-order valence-corrected chi connectivity index (χ3v) is 2.52. The van der Waals surface area contributed by atoms with Gasteiger partial charge in [-0.3, -0.25) is 0 Å². The van der Waals surface area contributed by atoms with Crippen LogP contribution in [-0.4, -0.2) is 16.2 Å². The van der Waals surface area contributed by atoms with Gasteiger partial charge in [-0.2, -0.15) is 0 Å². The van der Waals surface area contributed by atoms with Crippen molar-refractivity contribution in [3.8, 4) is 16.9 Å². The van der Waals surface area contributed by atoms with E-state index in [1.807, 2.05) is 30.3 Å². The molecule has 0 saturated carbocycles. The van der Waals surface area contributed by atoms with Crippen LogP contribution < -0.4 is 0 Å². The van der Waals surface area contributed by atoms with Gasteiger partial charge in [0.05, 0.1) is 0 Å². The lowest BCUT2D eigenvalue weighted by Gasteiger charge is -2.06. The molecule has 0 aromatic heterocycles. The molecule has 90 valence electrons. The first-order valence-corrected chi connectivity index (χ1v) is 5.46. The molecule has 0 spiro atoms. The monoisotopic (exact) mass is 240 g/mol. The summed E-state index contributed by atoms with van der Waals surface area (Å²) < 4.78 is 0. The number of hydrogen-bond donors (Lipinski definition) is 2. The van der Waals surface area contributed by atoms with Crippen molar-refractivity contribution in [2.75, 3.05) is 0 Å². The van der Waals surface area contributed by atoms with Crippen LogP contribution in [0.4, 0.5) is 0 Å². The van der Waals surface area contributed by atoms with Gasteiger partial charge < -0.3 is 10.2 Å². The number of carboxylic acid groups (broad SMARTS) is 1. The number of phenolic OH excluding ortho intramolecular Hbond substituents is 1. The van der Waals surface area contributed by atoms with Gasteiger partial charge in [-0.1, -0.05) is 36.4 Å². The molecule has 0 unspecified atom stereocenters. The second-order valence-corrected chi connectivity index (χ2v) is 3.81. The average Bonchev–Trinajstić information content (AvgIpc) is 2.36. The van der Waals surface area contributed by atoms with Gasteiger partial charge in [0, 0.05) is 6.08 Å². The number of aliphatic carboxylic acids is 1. The third kappa shape index (κ3) is 2.77. The lowest BCUT2D eigenvalue weighted by atomic mass is 9.99. The Labute approximate surface area is 105 Å². The van der Waals surface area contributed by atoms with Crippen molar-refractivity contribution >= 4 is 12.0 Å². The summed E-state index contributed by atoms with van der Waals surface area (Å²) in [6, 6.07) is 14.3. The quantitative estimate of drug-likeness (QED) is 0.810. The number of hydrogen-bond acceptors (Lipinski definition) is 2. The maximum absolute atomic E-state index is 10.5. The van der Waals surface area contributed by atoms with Gasteiger partial charge in [0.15, 0.2) is 0 Å². The van der Waals surface area contributed by atoms with E-state index in [4.69, 9.17) is 5.11 Å². The molecule has 0 aliphatic rings. The van der Waals surface area contributed by atoms with Crippen molar-refractivity contribution in [2.24, 2.45) is 0 Å². The molecule has 0 amide bonds. The van der Waals surface area contributed by atoms with Crippen LogP contribution in [0.25, 0.3) is 17.2 Å². The van der Waals surface area contributed by atoms with E-state index in [0.717, 1.165) is 22.8 Å². The van der Waals surface area contributed by atoms with E-state index in [2.05, 4.69) is 0 Å². The molecular weight excluding hydrogens is 228 g/mol. The van der Waals surface area contributed by atoms with E-state index < -0.39 is 5.97 Å². The number of carboxylic acids is 1. The minimum atomic E-state index is -0.985. The molecule has 0 radical (unpaired) electrons. The van der Waals surface area contributed by atoms with Gasteiger partial charge in [-0.15, -0.1) is 0 Å². The van der Waals surface area contributed by atoms with E-state index in [0.29, 0.717) is 0 Å². The number of aromatic hydroxyl groups is 1. The van der Waals surface area contributed by atoms with Gasteiger partial charge in [0.2, 0.25) is 0 Å². The van der Waals surface area contributed by atoms with Gasteiger partial charge in [0.1, 0.15) is 5.75 Å².